The molecule has 3 heteroatoms. The lowest BCUT2D eigenvalue weighted by Crippen LogP contribution is -1.99. The molecule has 0 amide bonds. The molecule has 74 valence electrons. The highest BCUT2D eigenvalue weighted by molar-refractivity contribution is 5.98. The first-order chi connectivity index (χ1) is 6.57. The predicted molar refractivity (Wildman–Crippen MR) is 53.7 cm³/mol. The first kappa shape index (κ1) is 10.3. The van der Waals surface area contributed by atoms with E-state index in [1.165, 1.54) is 19.1 Å². The highest BCUT2D eigenvalue weighted by Gasteiger charge is 2.14. The largest absolute Gasteiger partial charge is 0.508 e. The second-order valence-electron chi connectivity index (χ2n) is 3.01. The van der Waals surface area contributed by atoms with Crippen LogP contribution < -0.4 is 0 Å². The molecule has 0 saturated heterocycles. The highest BCUT2D eigenvalue weighted by atomic mass is 16.3. The lowest BCUT2D eigenvalue weighted by molar-refractivity contribution is 0.101. The first-order valence-corrected chi connectivity index (χ1v) is 4.23. The third kappa shape index (κ3) is 1.76. The number of hydrogen-bond donors (Lipinski definition) is 2. The normalized spacial score (nSPS) is 9.79. The molecule has 1 aromatic rings. The van der Waals surface area contributed by atoms with Gasteiger partial charge in [-0.3, -0.25) is 4.79 Å². The van der Waals surface area contributed by atoms with Crippen molar-refractivity contribution in [2.75, 3.05) is 0 Å². The molecule has 0 heterocycles. The Morgan fingerprint density at radius 1 is 1.43 bits per heavy atom. The molecule has 14 heavy (non-hydrogen) atoms. The Kier molecular flexibility index (Phi) is 2.92. The second kappa shape index (κ2) is 3.96. The summed E-state index contributed by atoms with van der Waals surface area (Å²) in [6, 6.07) is 2.67. The van der Waals surface area contributed by atoms with Gasteiger partial charge in [-0.2, -0.15) is 0 Å². The SMILES string of the molecule is C=CCc1c(O)ccc(O)c1C(C)=O. The van der Waals surface area contributed by atoms with E-state index in [4.69, 9.17) is 0 Å². The number of hydrogen-bond acceptors (Lipinski definition) is 3. The van der Waals surface area contributed by atoms with E-state index in [1.54, 1.807) is 6.08 Å². The van der Waals surface area contributed by atoms with Gasteiger partial charge in [-0.25, -0.2) is 0 Å². The van der Waals surface area contributed by atoms with Crippen molar-refractivity contribution in [3.63, 3.8) is 0 Å². The maximum atomic E-state index is 11.2. The third-order valence-electron chi connectivity index (χ3n) is 1.97. The molecule has 0 spiro atoms. The van der Waals surface area contributed by atoms with Crippen LogP contribution in [0.5, 0.6) is 11.5 Å². The molecule has 2 N–H and O–H groups in total. The summed E-state index contributed by atoms with van der Waals surface area (Å²) >= 11 is 0. The lowest BCUT2D eigenvalue weighted by Gasteiger charge is -2.08. The Labute approximate surface area is 82.3 Å². The fourth-order valence-electron chi connectivity index (χ4n) is 1.37. The molecule has 0 aliphatic rings. The number of ketones is 1. The van der Waals surface area contributed by atoms with Crippen molar-refractivity contribution in [3.8, 4) is 11.5 Å². The van der Waals surface area contributed by atoms with Crippen molar-refractivity contribution < 1.29 is 15.0 Å². The van der Waals surface area contributed by atoms with Gasteiger partial charge in [0.05, 0.1) is 5.56 Å². The predicted octanol–water partition coefficient (Wildman–Crippen LogP) is 2.03. The van der Waals surface area contributed by atoms with Crippen LogP contribution in [0.25, 0.3) is 0 Å². The molecule has 1 rings (SSSR count). The number of phenols is 2. The van der Waals surface area contributed by atoms with Crippen LogP contribution in [0, 0.1) is 0 Å². The van der Waals surface area contributed by atoms with E-state index in [0.29, 0.717) is 12.0 Å². The summed E-state index contributed by atoms with van der Waals surface area (Å²) in [4.78, 5) is 11.2. The zero-order chi connectivity index (χ0) is 10.7. The average molecular weight is 192 g/mol. The van der Waals surface area contributed by atoms with Gasteiger partial charge in [0, 0.05) is 5.56 Å². The second-order valence-corrected chi connectivity index (χ2v) is 3.01. The number of rotatable bonds is 3. The smallest absolute Gasteiger partial charge is 0.163 e. The Hall–Kier alpha value is -1.77. The molecule has 0 aliphatic carbocycles. The standard InChI is InChI=1S/C11H12O3/c1-3-4-8-9(13)5-6-10(14)11(8)7(2)12/h3,5-6,13-14H,1,4H2,2H3. The minimum absolute atomic E-state index is 0.00731. The molecule has 0 fully saturated rings. The molecule has 1 aromatic carbocycles. The van der Waals surface area contributed by atoms with E-state index < -0.39 is 0 Å². The fraction of sp³-hybridized carbons (Fsp3) is 0.182. The number of allylic oxidation sites excluding steroid dienone is 1. The maximum Gasteiger partial charge on any atom is 0.163 e. The van der Waals surface area contributed by atoms with Crippen molar-refractivity contribution in [1.82, 2.24) is 0 Å². The van der Waals surface area contributed by atoms with Crippen LogP contribution in [-0.2, 0) is 6.42 Å². The van der Waals surface area contributed by atoms with E-state index in [9.17, 15) is 15.0 Å². The average Bonchev–Trinajstić information content (AvgIpc) is 2.11. The molecule has 0 bridgehead atoms. The van der Waals surface area contributed by atoms with Gasteiger partial charge in [0.25, 0.3) is 0 Å². The quantitative estimate of drug-likeness (QED) is 0.437. The summed E-state index contributed by atoms with van der Waals surface area (Å²) in [6.07, 6.45) is 1.93. The number of Topliss-reactive ketones (excluding diaryl/α,β-unsaturated/α-hetero) is 1. The van der Waals surface area contributed by atoms with Gasteiger partial charge in [0.15, 0.2) is 5.78 Å². The van der Waals surface area contributed by atoms with Crippen molar-refractivity contribution >= 4 is 5.78 Å². The summed E-state index contributed by atoms with van der Waals surface area (Å²) in [7, 11) is 0. The van der Waals surface area contributed by atoms with Gasteiger partial charge in [0.2, 0.25) is 0 Å². The van der Waals surface area contributed by atoms with Gasteiger partial charge < -0.3 is 10.2 Å². The Morgan fingerprint density at radius 3 is 2.50 bits per heavy atom. The van der Waals surface area contributed by atoms with Gasteiger partial charge in [-0.05, 0) is 25.5 Å². The van der Waals surface area contributed by atoms with Crippen molar-refractivity contribution in [2.45, 2.75) is 13.3 Å². The van der Waals surface area contributed by atoms with Crippen LogP contribution in [0.3, 0.4) is 0 Å². The van der Waals surface area contributed by atoms with Gasteiger partial charge in [-0.15, -0.1) is 6.58 Å². The minimum atomic E-state index is -0.268. The zero-order valence-electron chi connectivity index (χ0n) is 7.95. The Balaban J connectivity index is 3.40. The van der Waals surface area contributed by atoms with Crippen LogP contribution in [0.15, 0.2) is 24.8 Å². The Bertz CT molecular complexity index is 380. The van der Waals surface area contributed by atoms with Crippen molar-refractivity contribution in [1.29, 1.82) is 0 Å². The van der Waals surface area contributed by atoms with Crippen LogP contribution >= 0.6 is 0 Å². The van der Waals surface area contributed by atoms with Crippen LogP contribution in [-0.4, -0.2) is 16.0 Å². The molecule has 0 aromatic heterocycles. The number of carbonyl (C=O) groups is 1. The maximum absolute atomic E-state index is 11.2. The van der Waals surface area contributed by atoms with Gasteiger partial charge in [-0.1, -0.05) is 6.08 Å². The number of benzene rings is 1. The fourth-order valence-corrected chi connectivity index (χ4v) is 1.37. The summed E-state index contributed by atoms with van der Waals surface area (Å²) in [5.41, 5.74) is 0.595. The minimum Gasteiger partial charge on any atom is -0.508 e. The number of phenolic OH excluding ortho intramolecular Hbond substituents is 2. The summed E-state index contributed by atoms with van der Waals surface area (Å²) in [6.45, 7) is 4.87. The zero-order valence-corrected chi connectivity index (χ0v) is 7.95. The van der Waals surface area contributed by atoms with Gasteiger partial charge >= 0.3 is 0 Å². The molecule has 0 radical (unpaired) electrons. The van der Waals surface area contributed by atoms with E-state index in [-0.39, 0.29) is 22.8 Å². The first-order valence-electron chi connectivity index (χ1n) is 4.23. The van der Waals surface area contributed by atoms with Crippen molar-refractivity contribution in [3.05, 3.63) is 35.9 Å². The van der Waals surface area contributed by atoms with E-state index in [0.717, 1.165) is 0 Å². The number of aromatic hydroxyl groups is 2. The molecule has 0 atom stereocenters. The lowest BCUT2D eigenvalue weighted by atomic mass is 9.99. The summed E-state index contributed by atoms with van der Waals surface area (Å²) < 4.78 is 0. The van der Waals surface area contributed by atoms with Crippen LogP contribution in [0.4, 0.5) is 0 Å². The molecule has 0 aliphatic heterocycles. The number of carbonyl (C=O) groups excluding carboxylic acids is 1. The van der Waals surface area contributed by atoms with Gasteiger partial charge in [0.1, 0.15) is 11.5 Å². The molecular weight excluding hydrogens is 180 g/mol. The van der Waals surface area contributed by atoms with E-state index in [2.05, 4.69) is 6.58 Å². The monoisotopic (exact) mass is 192 g/mol. The molecule has 3 nitrogen and oxygen atoms in total. The summed E-state index contributed by atoms with van der Waals surface area (Å²) in [5.74, 6) is -0.365. The van der Waals surface area contributed by atoms with Crippen LogP contribution in [0.1, 0.15) is 22.8 Å². The molecule has 0 saturated carbocycles. The Morgan fingerprint density at radius 2 is 2.00 bits per heavy atom. The van der Waals surface area contributed by atoms with E-state index in [1.807, 2.05) is 0 Å². The topological polar surface area (TPSA) is 57.5 Å². The van der Waals surface area contributed by atoms with Crippen molar-refractivity contribution in [2.24, 2.45) is 0 Å². The highest BCUT2D eigenvalue weighted by Crippen LogP contribution is 2.29. The van der Waals surface area contributed by atoms with E-state index >= 15 is 0 Å². The molecule has 0 unspecified atom stereocenters. The third-order valence-corrected chi connectivity index (χ3v) is 1.97. The molecular formula is C11H12O3. The van der Waals surface area contributed by atoms with Crippen LogP contribution in [0.2, 0.25) is 0 Å². The summed E-state index contributed by atoms with van der Waals surface area (Å²) in [5, 5.41) is 18.9.